The minimum Gasteiger partial charge on any atom is -0.480 e. The van der Waals surface area contributed by atoms with Gasteiger partial charge in [0.2, 0.25) is 0 Å². The van der Waals surface area contributed by atoms with Crippen LogP contribution in [0.25, 0.3) is 0 Å². The molecule has 2 heterocycles. The number of benzene rings is 1. The molecule has 1 aromatic heterocycles. The molecule has 4 nitrogen and oxygen atoms in total. The lowest BCUT2D eigenvalue weighted by Gasteiger charge is -2.34. The predicted molar refractivity (Wildman–Crippen MR) is 82.5 cm³/mol. The van der Waals surface area contributed by atoms with Crippen LogP contribution in [0.2, 0.25) is 0 Å². The van der Waals surface area contributed by atoms with Crippen molar-refractivity contribution in [2.75, 3.05) is 6.54 Å². The molecule has 0 radical (unpaired) electrons. The van der Waals surface area contributed by atoms with Crippen molar-refractivity contribution in [1.29, 1.82) is 0 Å². The number of fused-ring (bicyclic) bond motifs is 1. The fourth-order valence-electron chi connectivity index (χ4n) is 2.87. The Morgan fingerprint density at radius 3 is 2.86 bits per heavy atom. The zero-order valence-corrected chi connectivity index (χ0v) is 12.8. The second-order valence-corrected chi connectivity index (χ2v) is 6.35. The minimum atomic E-state index is -0.731. The van der Waals surface area contributed by atoms with E-state index in [2.05, 4.69) is 16.0 Å². The summed E-state index contributed by atoms with van der Waals surface area (Å²) in [6.07, 6.45) is 1.45. The number of hydrogen-bond acceptors (Lipinski definition) is 4. The highest BCUT2D eigenvalue weighted by atomic mass is 32.1. The van der Waals surface area contributed by atoms with Crippen molar-refractivity contribution >= 4 is 17.3 Å². The summed E-state index contributed by atoms with van der Waals surface area (Å²) in [6.45, 7) is 3.48. The van der Waals surface area contributed by atoms with E-state index in [9.17, 15) is 9.90 Å². The van der Waals surface area contributed by atoms with Gasteiger partial charge in [0.05, 0.1) is 11.2 Å². The Bertz CT molecular complexity index is 653. The smallest absolute Gasteiger partial charge is 0.321 e. The Hall–Kier alpha value is -1.72. The number of thiazole rings is 1. The molecule has 0 fully saturated rings. The third kappa shape index (κ3) is 2.99. The number of aromatic nitrogens is 1. The Balaban J connectivity index is 1.76. The Kier molecular flexibility index (Phi) is 4.03. The molecule has 3 rings (SSSR count). The van der Waals surface area contributed by atoms with Crippen molar-refractivity contribution in [3.63, 3.8) is 0 Å². The molecule has 2 aromatic rings. The second-order valence-electron chi connectivity index (χ2n) is 5.41. The molecule has 0 saturated heterocycles. The summed E-state index contributed by atoms with van der Waals surface area (Å²) < 4.78 is 0. The maximum Gasteiger partial charge on any atom is 0.321 e. The number of aryl methyl sites for hydroxylation is 1. The lowest BCUT2D eigenvalue weighted by Crippen LogP contribution is -2.46. The van der Waals surface area contributed by atoms with E-state index in [0.717, 1.165) is 24.2 Å². The first-order chi connectivity index (χ1) is 10.1. The highest BCUT2D eigenvalue weighted by Gasteiger charge is 2.30. The monoisotopic (exact) mass is 302 g/mol. The Morgan fingerprint density at radius 2 is 2.19 bits per heavy atom. The van der Waals surface area contributed by atoms with E-state index in [1.54, 1.807) is 11.3 Å². The molecule has 0 spiro atoms. The summed E-state index contributed by atoms with van der Waals surface area (Å²) in [5, 5.41) is 9.49. The summed E-state index contributed by atoms with van der Waals surface area (Å²) in [4.78, 5) is 19.1. The molecule has 0 aliphatic carbocycles. The zero-order chi connectivity index (χ0) is 14.8. The van der Waals surface area contributed by atoms with Gasteiger partial charge in [-0.3, -0.25) is 9.69 Å². The second kappa shape index (κ2) is 5.95. The van der Waals surface area contributed by atoms with Crippen LogP contribution in [0.3, 0.4) is 0 Å². The van der Waals surface area contributed by atoms with Crippen molar-refractivity contribution < 1.29 is 9.90 Å². The number of carbonyl (C=O) groups is 1. The van der Waals surface area contributed by atoms with Gasteiger partial charge in [-0.2, -0.15) is 0 Å². The molecular weight excluding hydrogens is 284 g/mol. The van der Waals surface area contributed by atoms with Gasteiger partial charge in [-0.25, -0.2) is 4.98 Å². The summed E-state index contributed by atoms with van der Waals surface area (Å²) >= 11 is 1.65. The van der Waals surface area contributed by atoms with Crippen LogP contribution in [0, 0.1) is 6.92 Å². The van der Waals surface area contributed by atoms with Crippen LogP contribution in [0.15, 0.2) is 29.8 Å². The predicted octanol–water partition coefficient (Wildman–Crippen LogP) is 2.51. The quantitative estimate of drug-likeness (QED) is 0.943. The van der Waals surface area contributed by atoms with Crippen molar-refractivity contribution in [2.24, 2.45) is 0 Å². The molecule has 1 unspecified atom stereocenters. The number of nitrogens with zero attached hydrogens (tertiary/aromatic N) is 2. The van der Waals surface area contributed by atoms with E-state index in [4.69, 9.17) is 0 Å². The molecule has 1 atom stereocenters. The maximum absolute atomic E-state index is 11.6. The normalized spacial score (nSPS) is 18.4. The van der Waals surface area contributed by atoms with E-state index >= 15 is 0 Å². The van der Waals surface area contributed by atoms with E-state index in [1.165, 1.54) is 10.4 Å². The number of aliphatic carboxylic acids is 1. The molecular formula is C16H18N2O2S. The zero-order valence-electron chi connectivity index (χ0n) is 12.0. The third-order valence-electron chi connectivity index (χ3n) is 4.10. The Labute approximate surface area is 128 Å². The lowest BCUT2D eigenvalue weighted by atomic mass is 9.94. The van der Waals surface area contributed by atoms with Crippen molar-refractivity contribution in [3.05, 3.63) is 51.5 Å². The molecule has 0 bridgehead atoms. The van der Waals surface area contributed by atoms with Crippen LogP contribution < -0.4 is 0 Å². The first kappa shape index (κ1) is 14.2. The van der Waals surface area contributed by atoms with Crippen LogP contribution in [-0.4, -0.2) is 33.5 Å². The molecule has 110 valence electrons. The average Bonchev–Trinajstić information content (AvgIpc) is 2.89. The van der Waals surface area contributed by atoms with E-state index in [-0.39, 0.29) is 0 Å². The van der Waals surface area contributed by atoms with Gasteiger partial charge in [0.25, 0.3) is 0 Å². The van der Waals surface area contributed by atoms with Crippen LogP contribution in [-0.2, 0) is 24.2 Å². The van der Waals surface area contributed by atoms with Gasteiger partial charge in [0.15, 0.2) is 0 Å². The molecule has 1 aromatic carbocycles. The van der Waals surface area contributed by atoms with Gasteiger partial charge < -0.3 is 5.11 Å². The van der Waals surface area contributed by atoms with Gasteiger partial charge in [0, 0.05) is 18.0 Å². The topological polar surface area (TPSA) is 53.4 Å². The van der Waals surface area contributed by atoms with Crippen molar-refractivity contribution in [1.82, 2.24) is 9.88 Å². The number of carboxylic acid groups (broad SMARTS) is 1. The van der Waals surface area contributed by atoms with Gasteiger partial charge in [-0.1, -0.05) is 24.3 Å². The highest BCUT2D eigenvalue weighted by Crippen LogP contribution is 2.24. The summed E-state index contributed by atoms with van der Waals surface area (Å²) in [6, 6.07) is 7.71. The van der Waals surface area contributed by atoms with Crippen molar-refractivity contribution in [2.45, 2.75) is 32.4 Å². The first-order valence-electron chi connectivity index (χ1n) is 7.07. The van der Waals surface area contributed by atoms with E-state index in [1.807, 2.05) is 30.6 Å². The third-order valence-corrected chi connectivity index (χ3v) is 5.10. The summed E-state index contributed by atoms with van der Waals surface area (Å²) in [5.74, 6) is -0.731. The molecule has 0 amide bonds. The van der Waals surface area contributed by atoms with Gasteiger partial charge in [-0.15, -0.1) is 11.3 Å². The molecule has 5 heteroatoms. The van der Waals surface area contributed by atoms with Crippen LogP contribution in [0.5, 0.6) is 0 Å². The largest absolute Gasteiger partial charge is 0.480 e. The number of rotatable bonds is 4. The fraction of sp³-hybridized carbons (Fsp3) is 0.375. The first-order valence-corrected chi connectivity index (χ1v) is 7.95. The maximum atomic E-state index is 11.6. The van der Waals surface area contributed by atoms with E-state index < -0.39 is 12.0 Å². The van der Waals surface area contributed by atoms with Gasteiger partial charge in [-0.05, 0) is 30.9 Å². The molecule has 1 N–H and O–H groups in total. The van der Waals surface area contributed by atoms with Gasteiger partial charge >= 0.3 is 5.97 Å². The minimum absolute atomic E-state index is 0.423. The lowest BCUT2D eigenvalue weighted by molar-refractivity contribution is -0.143. The molecule has 1 aliphatic heterocycles. The van der Waals surface area contributed by atoms with Gasteiger partial charge in [0.1, 0.15) is 6.04 Å². The van der Waals surface area contributed by atoms with Crippen LogP contribution in [0.1, 0.15) is 21.7 Å². The fourth-order valence-corrected chi connectivity index (χ4v) is 3.64. The standard InChI is InChI=1S/C16H18N2O2S/c1-11-15(21-10-17-11)6-7-18-9-13-5-3-2-4-12(13)8-14(18)16(19)20/h2-5,10,14H,6-9H2,1H3,(H,19,20). The molecule has 0 saturated carbocycles. The summed E-state index contributed by atoms with van der Waals surface area (Å²) in [5.41, 5.74) is 5.32. The van der Waals surface area contributed by atoms with Crippen LogP contribution in [0.4, 0.5) is 0 Å². The molecule has 21 heavy (non-hydrogen) atoms. The average molecular weight is 302 g/mol. The number of carboxylic acids is 1. The Morgan fingerprint density at radius 1 is 1.43 bits per heavy atom. The summed E-state index contributed by atoms with van der Waals surface area (Å²) in [7, 11) is 0. The SMILES string of the molecule is Cc1ncsc1CCN1Cc2ccccc2CC1C(=O)O. The molecule has 1 aliphatic rings. The highest BCUT2D eigenvalue weighted by molar-refractivity contribution is 7.09. The number of hydrogen-bond donors (Lipinski definition) is 1. The van der Waals surface area contributed by atoms with Crippen molar-refractivity contribution in [3.8, 4) is 0 Å². The van der Waals surface area contributed by atoms with E-state index in [0.29, 0.717) is 13.0 Å². The van der Waals surface area contributed by atoms with Crippen LogP contribution >= 0.6 is 11.3 Å².